The van der Waals surface area contributed by atoms with Gasteiger partial charge in [0.25, 0.3) is 0 Å². The van der Waals surface area contributed by atoms with Crippen LogP contribution in [0.4, 0.5) is 0 Å². The summed E-state index contributed by atoms with van der Waals surface area (Å²) in [7, 11) is 1.65. The molecular formula is C23H16Cl2N2O. The molecule has 0 saturated carbocycles. The van der Waals surface area contributed by atoms with Crippen LogP contribution in [0.1, 0.15) is 0 Å². The SMILES string of the molecule is COc1ccc(-c2cc(-c3ccc(Cl)cc3)nnc2-c2ccc(Cl)cc2)cc1. The Balaban J connectivity index is 1.87. The summed E-state index contributed by atoms with van der Waals surface area (Å²) in [6, 6.07) is 25.1. The van der Waals surface area contributed by atoms with Crippen molar-refractivity contribution in [3.05, 3.63) is 88.9 Å². The Kier molecular flexibility index (Phi) is 5.29. The molecule has 0 aliphatic carbocycles. The van der Waals surface area contributed by atoms with Gasteiger partial charge in [-0.2, -0.15) is 0 Å². The first kappa shape index (κ1) is 18.5. The number of hydrogen-bond acceptors (Lipinski definition) is 3. The Hall–Kier alpha value is -2.88. The third kappa shape index (κ3) is 3.86. The van der Waals surface area contributed by atoms with Gasteiger partial charge in [-0.25, -0.2) is 0 Å². The summed E-state index contributed by atoms with van der Waals surface area (Å²) in [6.45, 7) is 0. The Morgan fingerprint density at radius 2 is 1.18 bits per heavy atom. The van der Waals surface area contributed by atoms with E-state index in [9.17, 15) is 0 Å². The lowest BCUT2D eigenvalue weighted by Gasteiger charge is -2.12. The zero-order chi connectivity index (χ0) is 19.5. The highest BCUT2D eigenvalue weighted by molar-refractivity contribution is 6.30. The molecular weight excluding hydrogens is 391 g/mol. The number of benzene rings is 3. The van der Waals surface area contributed by atoms with Crippen LogP contribution in [0.15, 0.2) is 78.9 Å². The fourth-order valence-electron chi connectivity index (χ4n) is 2.97. The smallest absolute Gasteiger partial charge is 0.118 e. The molecule has 3 nitrogen and oxygen atoms in total. The fraction of sp³-hybridized carbons (Fsp3) is 0.0435. The van der Waals surface area contributed by atoms with Crippen molar-refractivity contribution < 1.29 is 4.74 Å². The molecule has 0 radical (unpaired) electrons. The minimum absolute atomic E-state index is 0.681. The predicted molar refractivity (Wildman–Crippen MR) is 115 cm³/mol. The molecule has 0 saturated heterocycles. The molecule has 138 valence electrons. The number of halogens is 2. The highest BCUT2D eigenvalue weighted by atomic mass is 35.5. The first-order valence-electron chi connectivity index (χ1n) is 8.68. The summed E-state index contributed by atoms with van der Waals surface area (Å²) in [5.41, 5.74) is 5.47. The topological polar surface area (TPSA) is 35.0 Å². The number of aromatic nitrogens is 2. The maximum Gasteiger partial charge on any atom is 0.118 e. The highest BCUT2D eigenvalue weighted by Crippen LogP contribution is 2.34. The van der Waals surface area contributed by atoms with Crippen molar-refractivity contribution in [1.82, 2.24) is 10.2 Å². The number of hydrogen-bond donors (Lipinski definition) is 0. The number of ether oxygens (including phenoxy) is 1. The summed E-state index contributed by atoms with van der Waals surface area (Å²) in [6.07, 6.45) is 0. The molecule has 1 aromatic heterocycles. The van der Waals surface area contributed by atoms with E-state index in [0.29, 0.717) is 10.0 Å². The van der Waals surface area contributed by atoms with Gasteiger partial charge in [0.15, 0.2) is 0 Å². The average molecular weight is 407 g/mol. The molecule has 1 heterocycles. The van der Waals surface area contributed by atoms with Crippen molar-refractivity contribution in [1.29, 1.82) is 0 Å². The molecule has 0 N–H and O–H groups in total. The largest absolute Gasteiger partial charge is 0.497 e. The lowest BCUT2D eigenvalue weighted by Crippen LogP contribution is -1.96. The van der Waals surface area contributed by atoms with Crippen LogP contribution in [0.3, 0.4) is 0 Å². The van der Waals surface area contributed by atoms with E-state index in [4.69, 9.17) is 27.9 Å². The van der Waals surface area contributed by atoms with Crippen LogP contribution in [-0.4, -0.2) is 17.3 Å². The molecule has 0 unspecified atom stereocenters. The van der Waals surface area contributed by atoms with Crippen LogP contribution in [0.25, 0.3) is 33.6 Å². The van der Waals surface area contributed by atoms with E-state index < -0.39 is 0 Å². The van der Waals surface area contributed by atoms with Gasteiger partial charge in [-0.3, -0.25) is 0 Å². The molecule has 0 aliphatic heterocycles. The van der Waals surface area contributed by atoms with Crippen LogP contribution < -0.4 is 4.74 Å². The monoisotopic (exact) mass is 406 g/mol. The third-order valence-corrected chi connectivity index (χ3v) is 4.96. The van der Waals surface area contributed by atoms with Crippen molar-refractivity contribution in [2.45, 2.75) is 0 Å². The van der Waals surface area contributed by atoms with Gasteiger partial charge in [0, 0.05) is 26.7 Å². The summed E-state index contributed by atoms with van der Waals surface area (Å²) in [4.78, 5) is 0. The Labute approximate surface area is 173 Å². The first-order valence-corrected chi connectivity index (χ1v) is 9.43. The lowest BCUT2D eigenvalue weighted by atomic mass is 9.98. The van der Waals surface area contributed by atoms with Crippen molar-refractivity contribution in [2.24, 2.45) is 0 Å². The quantitative estimate of drug-likeness (QED) is 0.374. The van der Waals surface area contributed by atoms with Gasteiger partial charge in [-0.15, -0.1) is 10.2 Å². The van der Waals surface area contributed by atoms with E-state index in [-0.39, 0.29) is 0 Å². The van der Waals surface area contributed by atoms with Crippen LogP contribution in [0.5, 0.6) is 5.75 Å². The van der Waals surface area contributed by atoms with E-state index >= 15 is 0 Å². The second-order valence-corrected chi connectivity index (χ2v) is 7.11. The molecule has 3 aromatic carbocycles. The van der Waals surface area contributed by atoms with Gasteiger partial charge in [0.2, 0.25) is 0 Å². The Morgan fingerprint density at radius 1 is 0.643 bits per heavy atom. The first-order chi connectivity index (χ1) is 13.6. The van der Waals surface area contributed by atoms with E-state index in [1.165, 1.54) is 0 Å². The van der Waals surface area contributed by atoms with Crippen LogP contribution in [-0.2, 0) is 0 Å². The van der Waals surface area contributed by atoms with Gasteiger partial charge in [-0.1, -0.05) is 59.6 Å². The average Bonchev–Trinajstić information content (AvgIpc) is 2.75. The molecule has 0 aliphatic rings. The number of rotatable bonds is 4. The van der Waals surface area contributed by atoms with Crippen LogP contribution in [0, 0.1) is 0 Å². The zero-order valence-electron chi connectivity index (χ0n) is 15.1. The van der Waals surface area contributed by atoms with E-state index in [1.54, 1.807) is 7.11 Å². The standard InChI is InChI=1S/C23H16Cl2N2O/c1-28-20-12-6-15(7-13-20)21-14-22(16-2-8-18(24)9-3-16)26-27-23(21)17-4-10-19(25)11-5-17/h2-14H,1H3. The van der Waals surface area contributed by atoms with E-state index in [0.717, 1.165) is 39.4 Å². The van der Waals surface area contributed by atoms with Gasteiger partial charge >= 0.3 is 0 Å². The molecule has 0 fully saturated rings. The zero-order valence-corrected chi connectivity index (χ0v) is 16.6. The minimum atomic E-state index is 0.681. The van der Waals surface area contributed by atoms with Crippen LogP contribution in [0.2, 0.25) is 10.0 Å². The summed E-state index contributed by atoms with van der Waals surface area (Å²) in [5, 5.41) is 10.4. The van der Waals surface area contributed by atoms with Crippen LogP contribution >= 0.6 is 23.2 Å². The van der Waals surface area contributed by atoms with Gasteiger partial charge in [-0.05, 0) is 48.0 Å². The molecule has 0 atom stereocenters. The second kappa shape index (κ2) is 8.01. The molecule has 4 aromatic rings. The third-order valence-electron chi connectivity index (χ3n) is 4.45. The van der Waals surface area contributed by atoms with Crippen molar-refractivity contribution in [3.8, 4) is 39.4 Å². The summed E-state index contributed by atoms with van der Waals surface area (Å²) >= 11 is 12.1. The van der Waals surface area contributed by atoms with Crippen molar-refractivity contribution >= 4 is 23.2 Å². The maximum atomic E-state index is 6.05. The number of nitrogens with zero attached hydrogens (tertiary/aromatic N) is 2. The minimum Gasteiger partial charge on any atom is -0.497 e. The van der Waals surface area contributed by atoms with Crippen molar-refractivity contribution in [2.75, 3.05) is 7.11 Å². The van der Waals surface area contributed by atoms with Gasteiger partial charge in [0.05, 0.1) is 12.8 Å². The Morgan fingerprint density at radius 3 is 1.75 bits per heavy atom. The molecule has 5 heteroatoms. The normalized spacial score (nSPS) is 10.7. The number of methoxy groups -OCH3 is 1. The van der Waals surface area contributed by atoms with E-state index in [2.05, 4.69) is 10.2 Å². The molecule has 0 bridgehead atoms. The molecule has 0 amide bonds. The molecule has 4 rings (SSSR count). The van der Waals surface area contributed by atoms with Gasteiger partial charge in [0.1, 0.15) is 11.4 Å². The van der Waals surface area contributed by atoms with E-state index in [1.807, 2.05) is 78.9 Å². The molecule has 28 heavy (non-hydrogen) atoms. The maximum absolute atomic E-state index is 6.05. The lowest BCUT2D eigenvalue weighted by molar-refractivity contribution is 0.415. The Bertz CT molecular complexity index is 1090. The summed E-state index contributed by atoms with van der Waals surface area (Å²) < 4.78 is 5.28. The van der Waals surface area contributed by atoms with Crippen molar-refractivity contribution in [3.63, 3.8) is 0 Å². The fourth-order valence-corrected chi connectivity index (χ4v) is 3.22. The molecule has 0 spiro atoms. The second-order valence-electron chi connectivity index (χ2n) is 6.23. The predicted octanol–water partition coefficient (Wildman–Crippen LogP) is 6.79. The van der Waals surface area contributed by atoms with Gasteiger partial charge < -0.3 is 4.74 Å². The summed E-state index contributed by atoms with van der Waals surface area (Å²) in [5.74, 6) is 0.803. The highest BCUT2D eigenvalue weighted by Gasteiger charge is 2.13.